The van der Waals surface area contributed by atoms with Crippen LogP contribution in [0.2, 0.25) is 0 Å². The van der Waals surface area contributed by atoms with E-state index in [1.54, 1.807) is 0 Å². The van der Waals surface area contributed by atoms with E-state index in [1.807, 2.05) is 11.0 Å². The fourth-order valence-corrected chi connectivity index (χ4v) is 3.32. The molecule has 1 aromatic heterocycles. The van der Waals surface area contributed by atoms with Crippen LogP contribution < -0.4 is 0 Å². The van der Waals surface area contributed by atoms with Crippen molar-refractivity contribution in [2.75, 3.05) is 39.3 Å². The van der Waals surface area contributed by atoms with Gasteiger partial charge in [-0.05, 0) is 25.7 Å². The molecule has 3 aliphatic rings. The molecule has 1 amide bonds. The Morgan fingerprint density at radius 3 is 2.73 bits per heavy atom. The van der Waals surface area contributed by atoms with Crippen molar-refractivity contribution in [3.05, 3.63) is 17.5 Å². The van der Waals surface area contributed by atoms with Crippen LogP contribution in [0.15, 0.2) is 10.6 Å². The number of nitrogens with zero attached hydrogens (tertiary/aromatic N) is 3. The van der Waals surface area contributed by atoms with Gasteiger partial charge < -0.3 is 14.2 Å². The third kappa shape index (κ3) is 3.03. The standard InChI is InChI=1S/C16H23N3O3/c20-16(14-10-15(22-17-14)12-3-4-12)19-7-5-18(6-8-19)11-13-2-1-9-21-13/h10,12-13H,1-9,11H2. The van der Waals surface area contributed by atoms with Gasteiger partial charge in [0.15, 0.2) is 5.69 Å². The van der Waals surface area contributed by atoms with Gasteiger partial charge in [0.25, 0.3) is 5.91 Å². The summed E-state index contributed by atoms with van der Waals surface area (Å²) >= 11 is 0. The molecule has 6 nitrogen and oxygen atoms in total. The molecule has 2 aliphatic heterocycles. The minimum atomic E-state index is 0.00687. The van der Waals surface area contributed by atoms with Crippen LogP contribution in [-0.2, 0) is 4.74 Å². The molecule has 6 heteroatoms. The Balaban J connectivity index is 1.29. The van der Waals surface area contributed by atoms with E-state index >= 15 is 0 Å². The van der Waals surface area contributed by atoms with E-state index in [0.29, 0.717) is 17.7 Å². The molecular weight excluding hydrogens is 282 g/mol. The highest BCUT2D eigenvalue weighted by molar-refractivity contribution is 5.92. The Morgan fingerprint density at radius 1 is 1.23 bits per heavy atom. The molecule has 4 rings (SSSR count). The lowest BCUT2D eigenvalue weighted by Crippen LogP contribution is -2.50. The van der Waals surface area contributed by atoms with E-state index in [4.69, 9.17) is 9.26 Å². The molecule has 0 N–H and O–H groups in total. The van der Waals surface area contributed by atoms with Crippen molar-refractivity contribution < 1.29 is 14.1 Å². The van der Waals surface area contributed by atoms with E-state index in [-0.39, 0.29) is 5.91 Å². The van der Waals surface area contributed by atoms with Crippen molar-refractivity contribution in [3.63, 3.8) is 0 Å². The summed E-state index contributed by atoms with van der Waals surface area (Å²) in [7, 11) is 0. The molecule has 0 radical (unpaired) electrons. The first-order chi connectivity index (χ1) is 10.8. The second-order valence-corrected chi connectivity index (χ2v) is 6.62. The molecule has 2 saturated heterocycles. The van der Waals surface area contributed by atoms with Crippen molar-refractivity contribution in [1.29, 1.82) is 0 Å². The molecule has 1 atom stereocenters. The van der Waals surface area contributed by atoms with E-state index in [2.05, 4.69) is 10.1 Å². The highest BCUT2D eigenvalue weighted by Gasteiger charge is 2.31. The second kappa shape index (κ2) is 6.01. The maximum absolute atomic E-state index is 12.5. The van der Waals surface area contributed by atoms with Gasteiger partial charge in [-0.2, -0.15) is 0 Å². The molecule has 120 valence electrons. The number of amides is 1. The van der Waals surface area contributed by atoms with Gasteiger partial charge in [0.1, 0.15) is 5.76 Å². The highest BCUT2D eigenvalue weighted by atomic mass is 16.5. The van der Waals surface area contributed by atoms with Crippen molar-refractivity contribution >= 4 is 5.91 Å². The Hall–Kier alpha value is -1.40. The zero-order chi connectivity index (χ0) is 14.9. The third-order valence-corrected chi connectivity index (χ3v) is 4.87. The van der Waals surface area contributed by atoms with Crippen molar-refractivity contribution in [2.24, 2.45) is 0 Å². The van der Waals surface area contributed by atoms with Crippen LogP contribution in [0.25, 0.3) is 0 Å². The van der Waals surface area contributed by atoms with Gasteiger partial charge in [-0.3, -0.25) is 9.69 Å². The largest absolute Gasteiger partial charge is 0.377 e. The van der Waals surface area contributed by atoms with Crippen LogP contribution in [-0.4, -0.2) is 66.3 Å². The Bertz CT molecular complexity index is 526. The first kappa shape index (κ1) is 14.2. The molecule has 0 spiro atoms. The Morgan fingerprint density at radius 2 is 2.05 bits per heavy atom. The van der Waals surface area contributed by atoms with Gasteiger partial charge in [-0.15, -0.1) is 0 Å². The average Bonchev–Trinajstić information content (AvgIpc) is 3.06. The highest BCUT2D eigenvalue weighted by Crippen LogP contribution is 2.40. The van der Waals surface area contributed by atoms with Crippen LogP contribution in [0, 0.1) is 0 Å². The normalized spacial score (nSPS) is 26.5. The van der Waals surface area contributed by atoms with Crippen LogP contribution in [0.4, 0.5) is 0 Å². The van der Waals surface area contributed by atoms with Crippen molar-refractivity contribution in [2.45, 2.75) is 37.7 Å². The number of carbonyl (C=O) groups excluding carboxylic acids is 1. The minimum absolute atomic E-state index is 0.00687. The molecule has 22 heavy (non-hydrogen) atoms. The van der Waals surface area contributed by atoms with Crippen LogP contribution in [0.5, 0.6) is 0 Å². The average molecular weight is 305 g/mol. The summed E-state index contributed by atoms with van der Waals surface area (Å²) in [6.07, 6.45) is 5.05. The number of piperazine rings is 1. The number of ether oxygens (including phenoxy) is 1. The quantitative estimate of drug-likeness (QED) is 0.843. The molecule has 1 aliphatic carbocycles. The zero-order valence-corrected chi connectivity index (χ0v) is 12.9. The molecule has 1 aromatic rings. The summed E-state index contributed by atoms with van der Waals surface area (Å²) < 4.78 is 11.0. The summed E-state index contributed by atoms with van der Waals surface area (Å²) in [6, 6.07) is 1.83. The zero-order valence-electron chi connectivity index (χ0n) is 12.9. The molecule has 3 fully saturated rings. The predicted molar refractivity (Wildman–Crippen MR) is 79.8 cm³/mol. The van der Waals surface area contributed by atoms with Crippen molar-refractivity contribution in [1.82, 2.24) is 15.0 Å². The number of aromatic nitrogens is 1. The fraction of sp³-hybridized carbons (Fsp3) is 0.750. The monoisotopic (exact) mass is 305 g/mol. The number of carbonyl (C=O) groups is 1. The van der Waals surface area contributed by atoms with Gasteiger partial charge in [0.05, 0.1) is 6.10 Å². The summed E-state index contributed by atoms with van der Waals surface area (Å²) in [5.41, 5.74) is 0.467. The van der Waals surface area contributed by atoms with Crippen LogP contribution in [0.1, 0.15) is 47.8 Å². The summed E-state index contributed by atoms with van der Waals surface area (Å²) in [5.74, 6) is 1.38. The molecule has 0 bridgehead atoms. The fourth-order valence-electron chi connectivity index (χ4n) is 3.32. The lowest BCUT2D eigenvalue weighted by Gasteiger charge is -2.35. The van der Waals surface area contributed by atoms with Crippen LogP contribution >= 0.6 is 0 Å². The number of hydrogen-bond donors (Lipinski definition) is 0. The molecule has 1 unspecified atom stereocenters. The lowest BCUT2D eigenvalue weighted by atomic mass is 10.2. The molecular formula is C16H23N3O3. The summed E-state index contributed by atoms with van der Waals surface area (Å²) in [5, 5.41) is 3.95. The van der Waals surface area contributed by atoms with E-state index < -0.39 is 0 Å². The van der Waals surface area contributed by atoms with Gasteiger partial charge in [0.2, 0.25) is 0 Å². The van der Waals surface area contributed by atoms with E-state index in [9.17, 15) is 4.79 Å². The van der Waals surface area contributed by atoms with Crippen molar-refractivity contribution in [3.8, 4) is 0 Å². The van der Waals surface area contributed by atoms with Gasteiger partial charge >= 0.3 is 0 Å². The van der Waals surface area contributed by atoms with Gasteiger partial charge in [0, 0.05) is 51.3 Å². The number of rotatable bonds is 4. The summed E-state index contributed by atoms with van der Waals surface area (Å²) in [4.78, 5) is 16.8. The number of hydrogen-bond acceptors (Lipinski definition) is 5. The second-order valence-electron chi connectivity index (χ2n) is 6.62. The predicted octanol–water partition coefficient (Wildman–Crippen LogP) is 1.49. The Labute approximate surface area is 130 Å². The Kier molecular flexibility index (Phi) is 3.88. The van der Waals surface area contributed by atoms with Crippen LogP contribution in [0.3, 0.4) is 0 Å². The maximum Gasteiger partial charge on any atom is 0.276 e. The minimum Gasteiger partial charge on any atom is -0.377 e. The maximum atomic E-state index is 12.5. The van der Waals surface area contributed by atoms with E-state index in [1.165, 1.54) is 12.8 Å². The first-order valence-corrected chi connectivity index (χ1v) is 8.39. The summed E-state index contributed by atoms with van der Waals surface area (Å²) in [6.45, 7) is 5.25. The smallest absolute Gasteiger partial charge is 0.276 e. The van der Waals surface area contributed by atoms with Gasteiger partial charge in [-0.25, -0.2) is 0 Å². The molecule has 1 saturated carbocycles. The van der Waals surface area contributed by atoms with Gasteiger partial charge in [-0.1, -0.05) is 5.16 Å². The lowest BCUT2D eigenvalue weighted by molar-refractivity contribution is 0.0427. The molecule has 3 heterocycles. The first-order valence-electron chi connectivity index (χ1n) is 8.39. The SMILES string of the molecule is O=C(c1cc(C2CC2)on1)N1CCN(CC2CCCO2)CC1. The third-order valence-electron chi connectivity index (χ3n) is 4.87. The van der Waals surface area contributed by atoms with E-state index in [0.717, 1.165) is 57.9 Å². The molecule has 0 aromatic carbocycles. The topological polar surface area (TPSA) is 58.8 Å².